The molecular formula is C15H14N4S. The zero-order chi connectivity index (χ0) is 13.9. The third kappa shape index (κ3) is 2.40. The topological polar surface area (TPSA) is 64.7 Å². The monoisotopic (exact) mass is 282 g/mol. The standard InChI is InChI=1S/C15H14N4S/c1-2-10-5-3-4-6-11(10)14-17-8-7-12(19-14)13-9-18-15(16)20-13/h3-9H,2H2,1H3,(H2,16,18). The van der Waals surface area contributed by atoms with Gasteiger partial charge in [-0.3, -0.25) is 0 Å². The molecule has 0 radical (unpaired) electrons. The summed E-state index contributed by atoms with van der Waals surface area (Å²) < 4.78 is 0. The van der Waals surface area contributed by atoms with Gasteiger partial charge in [0.05, 0.1) is 10.6 Å². The Labute approximate surface area is 121 Å². The molecule has 0 bridgehead atoms. The summed E-state index contributed by atoms with van der Waals surface area (Å²) in [5.74, 6) is 0.743. The number of aromatic nitrogens is 3. The van der Waals surface area contributed by atoms with Crippen LogP contribution in [0.25, 0.3) is 22.0 Å². The predicted molar refractivity (Wildman–Crippen MR) is 82.4 cm³/mol. The molecule has 100 valence electrons. The maximum atomic E-state index is 5.67. The SMILES string of the molecule is CCc1ccccc1-c1nccc(-c2cnc(N)s2)n1. The van der Waals surface area contributed by atoms with Crippen LogP contribution in [-0.4, -0.2) is 15.0 Å². The Balaban J connectivity index is 2.07. The van der Waals surface area contributed by atoms with Gasteiger partial charge in [-0.2, -0.15) is 0 Å². The molecule has 0 fully saturated rings. The van der Waals surface area contributed by atoms with Gasteiger partial charge in [0.1, 0.15) is 0 Å². The third-order valence-electron chi connectivity index (χ3n) is 3.07. The van der Waals surface area contributed by atoms with E-state index < -0.39 is 0 Å². The number of thiazole rings is 1. The van der Waals surface area contributed by atoms with Crippen molar-refractivity contribution in [1.82, 2.24) is 15.0 Å². The van der Waals surface area contributed by atoms with Crippen LogP contribution in [0.15, 0.2) is 42.7 Å². The van der Waals surface area contributed by atoms with E-state index in [-0.39, 0.29) is 0 Å². The highest BCUT2D eigenvalue weighted by molar-refractivity contribution is 7.18. The number of nitrogens with two attached hydrogens (primary N) is 1. The fraction of sp³-hybridized carbons (Fsp3) is 0.133. The molecule has 0 saturated carbocycles. The zero-order valence-corrected chi connectivity index (χ0v) is 11.9. The minimum Gasteiger partial charge on any atom is -0.375 e. The van der Waals surface area contributed by atoms with Crippen molar-refractivity contribution in [3.63, 3.8) is 0 Å². The fourth-order valence-corrected chi connectivity index (χ4v) is 2.73. The van der Waals surface area contributed by atoms with Crippen molar-refractivity contribution in [2.45, 2.75) is 13.3 Å². The maximum Gasteiger partial charge on any atom is 0.180 e. The number of rotatable bonds is 3. The average molecular weight is 282 g/mol. The summed E-state index contributed by atoms with van der Waals surface area (Å²) in [7, 11) is 0. The van der Waals surface area contributed by atoms with Crippen LogP contribution in [0.1, 0.15) is 12.5 Å². The average Bonchev–Trinajstić information content (AvgIpc) is 2.94. The highest BCUT2D eigenvalue weighted by Gasteiger charge is 2.09. The summed E-state index contributed by atoms with van der Waals surface area (Å²) in [5.41, 5.74) is 8.85. The summed E-state index contributed by atoms with van der Waals surface area (Å²) >= 11 is 1.43. The van der Waals surface area contributed by atoms with Crippen molar-refractivity contribution < 1.29 is 0 Å². The molecule has 0 amide bonds. The van der Waals surface area contributed by atoms with Gasteiger partial charge in [-0.1, -0.05) is 42.5 Å². The molecule has 2 aromatic heterocycles. The van der Waals surface area contributed by atoms with Crippen molar-refractivity contribution >= 4 is 16.5 Å². The number of anilines is 1. The van der Waals surface area contributed by atoms with E-state index in [4.69, 9.17) is 5.73 Å². The summed E-state index contributed by atoms with van der Waals surface area (Å²) in [6, 6.07) is 10.1. The molecule has 0 aliphatic carbocycles. The third-order valence-corrected chi connectivity index (χ3v) is 3.92. The second-order valence-electron chi connectivity index (χ2n) is 4.34. The molecule has 4 nitrogen and oxygen atoms in total. The Hall–Kier alpha value is -2.27. The Morgan fingerprint density at radius 3 is 2.75 bits per heavy atom. The van der Waals surface area contributed by atoms with Crippen LogP contribution < -0.4 is 5.73 Å². The molecule has 0 aliphatic rings. The van der Waals surface area contributed by atoms with Crippen molar-refractivity contribution in [2.24, 2.45) is 0 Å². The van der Waals surface area contributed by atoms with E-state index in [1.54, 1.807) is 12.4 Å². The summed E-state index contributed by atoms with van der Waals surface area (Å²) in [6.45, 7) is 2.13. The van der Waals surface area contributed by atoms with Crippen molar-refractivity contribution in [1.29, 1.82) is 0 Å². The minimum atomic E-state index is 0.550. The molecule has 1 aromatic carbocycles. The van der Waals surface area contributed by atoms with E-state index in [2.05, 4.69) is 34.0 Å². The molecule has 20 heavy (non-hydrogen) atoms. The number of hydrogen-bond acceptors (Lipinski definition) is 5. The van der Waals surface area contributed by atoms with Crippen molar-refractivity contribution in [3.05, 3.63) is 48.3 Å². The van der Waals surface area contributed by atoms with Crippen LogP contribution in [0.4, 0.5) is 5.13 Å². The van der Waals surface area contributed by atoms with Gasteiger partial charge in [-0.15, -0.1) is 0 Å². The van der Waals surface area contributed by atoms with Crippen LogP contribution >= 0.6 is 11.3 Å². The number of benzene rings is 1. The lowest BCUT2D eigenvalue weighted by atomic mass is 10.0. The van der Waals surface area contributed by atoms with Gasteiger partial charge >= 0.3 is 0 Å². The van der Waals surface area contributed by atoms with Crippen LogP contribution in [0, 0.1) is 0 Å². The first-order valence-corrected chi connectivity index (χ1v) is 7.22. The Morgan fingerprint density at radius 2 is 2.00 bits per heavy atom. The molecule has 0 saturated heterocycles. The number of nitrogen functional groups attached to an aromatic ring is 1. The lowest BCUT2D eigenvalue weighted by Gasteiger charge is -2.06. The van der Waals surface area contributed by atoms with Crippen LogP contribution in [0.2, 0.25) is 0 Å². The molecule has 5 heteroatoms. The molecule has 0 aliphatic heterocycles. The summed E-state index contributed by atoms with van der Waals surface area (Å²) in [6.07, 6.45) is 4.48. The van der Waals surface area contributed by atoms with Crippen molar-refractivity contribution in [2.75, 3.05) is 5.73 Å². The molecule has 3 aromatic rings. The van der Waals surface area contributed by atoms with E-state index >= 15 is 0 Å². The molecule has 2 heterocycles. The first-order valence-electron chi connectivity index (χ1n) is 6.41. The predicted octanol–water partition coefficient (Wildman–Crippen LogP) is 3.41. The lowest BCUT2D eigenvalue weighted by molar-refractivity contribution is 1.11. The van der Waals surface area contributed by atoms with Crippen LogP contribution in [0.5, 0.6) is 0 Å². The van der Waals surface area contributed by atoms with Gasteiger partial charge < -0.3 is 5.73 Å². The van der Waals surface area contributed by atoms with E-state index in [1.807, 2.05) is 18.2 Å². The molecule has 0 atom stereocenters. The largest absolute Gasteiger partial charge is 0.375 e. The number of aryl methyl sites for hydroxylation is 1. The lowest BCUT2D eigenvalue weighted by Crippen LogP contribution is -1.94. The number of hydrogen-bond donors (Lipinski definition) is 1. The van der Waals surface area contributed by atoms with Gasteiger partial charge in [0, 0.05) is 18.0 Å². The summed E-state index contributed by atoms with van der Waals surface area (Å²) in [5, 5.41) is 0.550. The Kier molecular flexibility index (Phi) is 3.43. The number of nitrogens with zero attached hydrogens (tertiary/aromatic N) is 3. The second-order valence-corrected chi connectivity index (χ2v) is 5.40. The molecule has 0 unspecified atom stereocenters. The summed E-state index contributed by atoms with van der Waals surface area (Å²) in [4.78, 5) is 14.1. The molecular weight excluding hydrogens is 268 g/mol. The van der Waals surface area contributed by atoms with Crippen LogP contribution in [-0.2, 0) is 6.42 Å². The van der Waals surface area contributed by atoms with E-state index in [9.17, 15) is 0 Å². The van der Waals surface area contributed by atoms with Gasteiger partial charge in [0.15, 0.2) is 11.0 Å². The second kappa shape index (κ2) is 5.38. The maximum absolute atomic E-state index is 5.67. The van der Waals surface area contributed by atoms with Gasteiger partial charge in [0.25, 0.3) is 0 Å². The van der Waals surface area contributed by atoms with E-state index in [0.29, 0.717) is 5.13 Å². The Morgan fingerprint density at radius 1 is 1.15 bits per heavy atom. The van der Waals surface area contributed by atoms with Gasteiger partial charge in [-0.05, 0) is 18.1 Å². The molecule has 3 rings (SSSR count). The highest BCUT2D eigenvalue weighted by atomic mass is 32.1. The normalized spacial score (nSPS) is 10.7. The fourth-order valence-electron chi connectivity index (χ4n) is 2.08. The molecule has 0 spiro atoms. The van der Waals surface area contributed by atoms with Gasteiger partial charge in [-0.25, -0.2) is 15.0 Å². The molecule has 2 N–H and O–H groups in total. The smallest absolute Gasteiger partial charge is 0.180 e. The van der Waals surface area contributed by atoms with E-state index in [0.717, 1.165) is 28.4 Å². The van der Waals surface area contributed by atoms with E-state index in [1.165, 1.54) is 16.9 Å². The first-order chi connectivity index (χ1) is 9.78. The minimum absolute atomic E-state index is 0.550. The zero-order valence-electron chi connectivity index (χ0n) is 11.1. The van der Waals surface area contributed by atoms with Crippen molar-refractivity contribution in [3.8, 4) is 22.0 Å². The Bertz CT molecular complexity index is 736. The van der Waals surface area contributed by atoms with Gasteiger partial charge in [0.2, 0.25) is 0 Å². The highest BCUT2D eigenvalue weighted by Crippen LogP contribution is 2.28. The quantitative estimate of drug-likeness (QED) is 0.799. The van der Waals surface area contributed by atoms with Crippen LogP contribution in [0.3, 0.4) is 0 Å². The first kappa shape index (κ1) is 12.7.